The van der Waals surface area contributed by atoms with Gasteiger partial charge in [0.1, 0.15) is 5.75 Å². The monoisotopic (exact) mass is 512 g/mol. The van der Waals surface area contributed by atoms with Gasteiger partial charge in [-0.3, -0.25) is 9.89 Å². The minimum atomic E-state index is -0.471. The molecule has 0 fully saturated rings. The second kappa shape index (κ2) is 12.3. The van der Waals surface area contributed by atoms with Crippen LogP contribution < -0.4 is 4.74 Å². The number of ether oxygens (including phenoxy) is 1. The van der Waals surface area contributed by atoms with E-state index >= 15 is 0 Å². The van der Waals surface area contributed by atoms with Crippen LogP contribution in [0.2, 0.25) is 5.02 Å². The van der Waals surface area contributed by atoms with E-state index in [1.54, 1.807) is 13.0 Å². The van der Waals surface area contributed by atoms with Crippen LogP contribution in [-0.4, -0.2) is 33.8 Å². The van der Waals surface area contributed by atoms with Crippen LogP contribution in [-0.2, 0) is 11.2 Å². The fourth-order valence-corrected chi connectivity index (χ4v) is 4.30. The smallest absolute Gasteiger partial charge is 0.216 e. The molecule has 0 saturated carbocycles. The molecule has 7 heteroatoms. The summed E-state index contributed by atoms with van der Waals surface area (Å²) in [6, 6.07) is 11.2. The molecule has 5 nitrogen and oxygen atoms in total. The van der Waals surface area contributed by atoms with E-state index < -0.39 is 5.95 Å². The van der Waals surface area contributed by atoms with Gasteiger partial charge in [0.15, 0.2) is 5.78 Å². The maximum atomic E-state index is 14.0. The van der Waals surface area contributed by atoms with E-state index in [0.29, 0.717) is 29.2 Å². The first-order chi connectivity index (χ1) is 17.2. The lowest BCUT2D eigenvalue weighted by atomic mass is 9.83. The second-order valence-electron chi connectivity index (χ2n) is 9.34. The molecule has 0 radical (unpaired) electrons. The van der Waals surface area contributed by atoms with Gasteiger partial charge in [-0.1, -0.05) is 56.6 Å². The third-order valence-electron chi connectivity index (χ3n) is 6.31. The summed E-state index contributed by atoms with van der Waals surface area (Å²) < 4.78 is 19.9. The molecule has 2 N–H and O–H groups in total. The third kappa shape index (κ3) is 6.42. The number of hydrogen-bond donors (Lipinski definition) is 2. The Morgan fingerprint density at radius 1 is 1.28 bits per heavy atom. The van der Waals surface area contributed by atoms with E-state index in [-0.39, 0.29) is 23.7 Å². The molecule has 0 saturated heterocycles. The van der Waals surface area contributed by atoms with Crippen molar-refractivity contribution in [2.45, 2.75) is 59.5 Å². The predicted molar refractivity (Wildman–Crippen MR) is 143 cm³/mol. The van der Waals surface area contributed by atoms with Crippen molar-refractivity contribution in [3.05, 3.63) is 76.3 Å². The summed E-state index contributed by atoms with van der Waals surface area (Å²) >= 11 is 6.13. The predicted octanol–water partition coefficient (Wildman–Crippen LogP) is 6.99. The van der Waals surface area contributed by atoms with Crippen molar-refractivity contribution in [2.24, 2.45) is 5.92 Å². The Bertz CT molecular complexity index is 1230. The highest BCUT2D eigenvalue weighted by molar-refractivity contribution is 6.30. The number of benzene rings is 2. The molecule has 4 rings (SSSR count). The van der Waals surface area contributed by atoms with Crippen molar-refractivity contribution in [1.29, 1.82) is 0 Å². The molecule has 0 amide bonds. The molecular formula is C29H34ClFN2O3. The van der Waals surface area contributed by atoms with Crippen LogP contribution >= 0.6 is 11.6 Å². The van der Waals surface area contributed by atoms with Crippen molar-refractivity contribution in [1.82, 2.24) is 10.2 Å². The number of aromatic nitrogens is 2. The Morgan fingerprint density at radius 3 is 2.58 bits per heavy atom. The molecular weight excluding hydrogens is 479 g/mol. The van der Waals surface area contributed by atoms with Crippen LogP contribution in [0.25, 0.3) is 16.7 Å². The van der Waals surface area contributed by atoms with Gasteiger partial charge < -0.3 is 9.84 Å². The number of fused-ring (bicyclic) bond motifs is 1. The summed E-state index contributed by atoms with van der Waals surface area (Å²) in [5, 5.41) is 15.1. The fourth-order valence-electron chi connectivity index (χ4n) is 4.11. The van der Waals surface area contributed by atoms with Gasteiger partial charge >= 0.3 is 0 Å². The Balaban J connectivity index is 0.000000658. The van der Waals surface area contributed by atoms with Crippen molar-refractivity contribution in [3.8, 4) is 16.9 Å². The number of ketones is 1. The lowest BCUT2D eigenvalue weighted by Crippen LogP contribution is -2.29. The number of carbonyl (C=O) groups excluding carboxylic acids is 1. The number of nitrogens with zero attached hydrogens (tertiary/aromatic N) is 1. The summed E-state index contributed by atoms with van der Waals surface area (Å²) in [5.41, 5.74) is 4.60. The first kappa shape index (κ1) is 27.6. The standard InChI is InChI=1S/C25H24ClFN2O2.C4H10O/c1-4-19(24(30)17-9-16-10-18(26)6-8-23(16)31-13-17)20-7-5-15(11-21(20)14(2)3)22-12-28-29-25(22)27;1-3-4(2)5/h4-8,10-12,14,17H,9,13H2,1-3H3,(H,28,29);4-5H,3H2,1-2H3/b19-4+;. The summed E-state index contributed by atoms with van der Waals surface area (Å²) in [5.74, 6) is 0.210. The molecule has 2 atom stereocenters. The Labute approximate surface area is 217 Å². The normalized spacial score (nSPS) is 16.0. The maximum absolute atomic E-state index is 14.0. The Kier molecular flexibility index (Phi) is 9.46. The number of halogens is 2. The van der Waals surface area contributed by atoms with E-state index in [4.69, 9.17) is 21.4 Å². The van der Waals surface area contributed by atoms with Crippen molar-refractivity contribution in [3.63, 3.8) is 0 Å². The molecule has 2 heterocycles. The van der Waals surface area contributed by atoms with E-state index in [1.165, 1.54) is 6.20 Å². The zero-order valence-electron chi connectivity index (χ0n) is 21.4. The Morgan fingerprint density at radius 2 is 2.00 bits per heavy atom. The Hall–Kier alpha value is -2.96. The summed E-state index contributed by atoms with van der Waals surface area (Å²) in [6.07, 6.45) is 4.66. The van der Waals surface area contributed by atoms with Gasteiger partial charge in [-0.05, 0) is 73.1 Å². The van der Waals surface area contributed by atoms with Gasteiger partial charge in [0, 0.05) is 10.6 Å². The molecule has 0 spiro atoms. The van der Waals surface area contributed by atoms with E-state index in [2.05, 4.69) is 24.0 Å². The summed E-state index contributed by atoms with van der Waals surface area (Å²) in [6.45, 7) is 10.1. The highest BCUT2D eigenvalue weighted by Crippen LogP contribution is 2.36. The van der Waals surface area contributed by atoms with E-state index in [9.17, 15) is 9.18 Å². The average molecular weight is 513 g/mol. The zero-order valence-corrected chi connectivity index (χ0v) is 22.2. The first-order valence-electron chi connectivity index (χ1n) is 12.3. The lowest BCUT2D eigenvalue weighted by molar-refractivity contribution is -0.118. The number of aromatic amines is 1. The van der Waals surface area contributed by atoms with Crippen molar-refractivity contribution in [2.75, 3.05) is 6.61 Å². The number of H-pyrrole nitrogens is 1. The van der Waals surface area contributed by atoms with Crippen LogP contribution in [0.5, 0.6) is 5.75 Å². The summed E-state index contributed by atoms with van der Waals surface area (Å²) in [4.78, 5) is 13.5. The number of allylic oxidation sites excluding steroid dienone is 2. The molecule has 1 aliphatic heterocycles. The average Bonchev–Trinajstić information content (AvgIpc) is 3.30. The quantitative estimate of drug-likeness (QED) is 0.349. The fraction of sp³-hybridized carbons (Fsp3) is 0.379. The molecule has 3 aromatic rings. The number of aliphatic hydroxyl groups excluding tert-OH is 1. The highest BCUT2D eigenvalue weighted by atomic mass is 35.5. The second-order valence-corrected chi connectivity index (χ2v) is 9.78. The topological polar surface area (TPSA) is 75.2 Å². The van der Waals surface area contributed by atoms with Crippen LogP contribution in [0, 0.1) is 11.9 Å². The molecule has 2 unspecified atom stereocenters. The highest BCUT2D eigenvalue weighted by Gasteiger charge is 2.30. The first-order valence-corrected chi connectivity index (χ1v) is 12.7. The molecule has 192 valence electrons. The third-order valence-corrected chi connectivity index (χ3v) is 6.55. The molecule has 2 aromatic carbocycles. The van der Waals surface area contributed by atoms with Gasteiger partial charge in [0.2, 0.25) is 5.95 Å². The van der Waals surface area contributed by atoms with Crippen LogP contribution in [0.4, 0.5) is 4.39 Å². The van der Waals surface area contributed by atoms with Gasteiger partial charge in [-0.15, -0.1) is 0 Å². The largest absolute Gasteiger partial charge is 0.493 e. The minimum Gasteiger partial charge on any atom is -0.493 e. The lowest BCUT2D eigenvalue weighted by Gasteiger charge is -2.26. The number of nitrogens with one attached hydrogen (secondary N) is 1. The molecule has 1 aromatic heterocycles. The number of rotatable bonds is 6. The molecule has 0 aliphatic carbocycles. The van der Waals surface area contributed by atoms with Gasteiger partial charge in [-0.2, -0.15) is 9.49 Å². The van der Waals surface area contributed by atoms with E-state index in [1.807, 2.05) is 50.3 Å². The van der Waals surface area contributed by atoms with Crippen LogP contribution in [0.1, 0.15) is 63.6 Å². The number of Topliss-reactive ketones (excluding diaryl/α,β-unsaturated/α-hetero) is 1. The van der Waals surface area contributed by atoms with Crippen LogP contribution in [0.3, 0.4) is 0 Å². The number of aliphatic hydroxyl groups is 1. The number of hydrogen-bond acceptors (Lipinski definition) is 4. The van der Waals surface area contributed by atoms with Gasteiger partial charge in [-0.25, -0.2) is 0 Å². The molecule has 0 bridgehead atoms. The molecule has 1 aliphatic rings. The van der Waals surface area contributed by atoms with Crippen molar-refractivity contribution >= 4 is 23.0 Å². The SMILES string of the molecule is C/C=C(/C(=O)C1COc2ccc(Cl)cc2C1)c1ccc(-c2cn[nH]c2F)cc1C(C)C.CCC(C)O. The minimum absolute atomic E-state index is 0.0391. The molecule has 36 heavy (non-hydrogen) atoms. The maximum Gasteiger partial charge on any atom is 0.216 e. The number of carbonyl (C=O) groups is 1. The van der Waals surface area contributed by atoms with Crippen LogP contribution in [0.15, 0.2) is 48.7 Å². The zero-order chi connectivity index (χ0) is 26.4. The van der Waals surface area contributed by atoms with E-state index in [0.717, 1.165) is 34.4 Å². The van der Waals surface area contributed by atoms with Gasteiger partial charge in [0.05, 0.1) is 30.4 Å². The van der Waals surface area contributed by atoms with Gasteiger partial charge in [0.25, 0.3) is 0 Å². The summed E-state index contributed by atoms with van der Waals surface area (Å²) in [7, 11) is 0. The van der Waals surface area contributed by atoms with Crippen molar-refractivity contribution < 1.29 is 19.0 Å².